The third-order valence-electron chi connectivity index (χ3n) is 4.17. The van der Waals surface area contributed by atoms with Crippen LogP contribution in [0.1, 0.15) is 37.6 Å². The summed E-state index contributed by atoms with van der Waals surface area (Å²) in [4.78, 5) is 12.5. The van der Waals surface area contributed by atoms with E-state index >= 15 is 0 Å². The van der Waals surface area contributed by atoms with Gasteiger partial charge in [-0.25, -0.2) is 0 Å². The molecule has 0 unspecified atom stereocenters. The number of hydrogen-bond acceptors (Lipinski definition) is 5. The molecular formula is C21H30O4SSi. The van der Waals surface area contributed by atoms with Gasteiger partial charge in [-0.1, -0.05) is 36.4 Å². The van der Waals surface area contributed by atoms with Crippen molar-refractivity contribution in [1.82, 2.24) is 0 Å². The zero-order chi connectivity index (χ0) is 19.5. The normalized spacial score (nSPS) is 11.8. The van der Waals surface area contributed by atoms with Gasteiger partial charge < -0.3 is 13.3 Å². The maximum atomic E-state index is 12.5. The predicted octanol–water partition coefficient (Wildman–Crippen LogP) is 5.19. The predicted molar refractivity (Wildman–Crippen MR) is 116 cm³/mol. The summed E-state index contributed by atoms with van der Waals surface area (Å²) in [5.74, 6) is 1.56. The Morgan fingerprint density at radius 2 is 1.56 bits per heavy atom. The third-order valence-corrected chi connectivity index (χ3v) is 8.36. The van der Waals surface area contributed by atoms with Gasteiger partial charge in [-0.05, 0) is 49.8 Å². The zero-order valence-electron chi connectivity index (χ0n) is 16.5. The van der Waals surface area contributed by atoms with E-state index in [-0.39, 0.29) is 5.78 Å². The first kappa shape index (κ1) is 22.1. The topological polar surface area (TPSA) is 44.8 Å². The van der Waals surface area contributed by atoms with Crippen LogP contribution in [0.5, 0.6) is 0 Å². The van der Waals surface area contributed by atoms with E-state index in [1.807, 2.05) is 57.2 Å². The van der Waals surface area contributed by atoms with Gasteiger partial charge in [0.2, 0.25) is 0 Å². The van der Waals surface area contributed by atoms with Gasteiger partial charge in [-0.2, -0.15) is 11.8 Å². The van der Waals surface area contributed by atoms with Crippen molar-refractivity contribution in [3.8, 4) is 0 Å². The van der Waals surface area contributed by atoms with Gasteiger partial charge in [0, 0.05) is 31.4 Å². The summed E-state index contributed by atoms with van der Waals surface area (Å²) in [6.07, 6.45) is 0.919. The second-order valence-corrected chi connectivity index (χ2v) is 9.96. The molecule has 6 heteroatoms. The maximum absolute atomic E-state index is 12.5. The highest BCUT2D eigenvalue weighted by molar-refractivity contribution is 7.99. The number of thioether (sulfide) groups is 1. The van der Waals surface area contributed by atoms with E-state index < -0.39 is 8.80 Å². The van der Waals surface area contributed by atoms with Gasteiger partial charge in [0.1, 0.15) is 0 Å². The van der Waals surface area contributed by atoms with Crippen molar-refractivity contribution in [2.75, 3.05) is 31.3 Å². The molecule has 148 valence electrons. The van der Waals surface area contributed by atoms with Gasteiger partial charge in [-0.3, -0.25) is 4.79 Å². The van der Waals surface area contributed by atoms with E-state index in [0.717, 1.165) is 34.6 Å². The van der Waals surface area contributed by atoms with Crippen LogP contribution >= 0.6 is 11.8 Å². The lowest BCUT2D eigenvalue weighted by Crippen LogP contribution is -2.46. The monoisotopic (exact) mass is 406 g/mol. The summed E-state index contributed by atoms with van der Waals surface area (Å²) in [7, 11) is -2.57. The first-order valence-electron chi connectivity index (χ1n) is 9.65. The fraction of sp³-hybridized carbons (Fsp3) is 0.476. The first-order chi connectivity index (χ1) is 13.1. The van der Waals surface area contributed by atoms with E-state index in [1.165, 1.54) is 0 Å². The molecular weight excluding hydrogens is 376 g/mol. The van der Waals surface area contributed by atoms with Gasteiger partial charge in [0.25, 0.3) is 0 Å². The smallest absolute Gasteiger partial charge is 0.374 e. The second-order valence-electron chi connectivity index (χ2n) is 6.12. The lowest BCUT2D eigenvalue weighted by molar-refractivity contribution is 0.0712. The fourth-order valence-electron chi connectivity index (χ4n) is 3.00. The molecule has 0 aliphatic carbocycles. The Morgan fingerprint density at radius 3 is 2.19 bits per heavy atom. The molecule has 0 saturated carbocycles. The van der Waals surface area contributed by atoms with Crippen LogP contribution in [0.25, 0.3) is 10.8 Å². The minimum atomic E-state index is -2.57. The largest absolute Gasteiger partial charge is 0.500 e. The molecule has 0 bridgehead atoms. The molecule has 0 amide bonds. The zero-order valence-corrected chi connectivity index (χ0v) is 18.3. The van der Waals surface area contributed by atoms with Crippen LogP contribution in [-0.4, -0.2) is 45.9 Å². The summed E-state index contributed by atoms with van der Waals surface area (Å²) >= 11 is 1.66. The van der Waals surface area contributed by atoms with Gasteiger partial charge in [0.15, 0.2) is 5.78 Å². The number of fused-ring (bicyclic) bond motifs is 1. The Hall–Kier alpha value is -1.18. The van der Waals surface area contributed by atoms with Gasteiger partial charge >= 0.3 is 8.80 Å². The fourth-order valence-corrected chi connectivity index (χ4v) is 6.72. The van der Waals surface area contributed by atoms with E-state index in [1.54, 1.807) is 11.8 Å². The van der Waals surface area contributed by atoms with Crippen molar-refractivity contribution >= 4 is 37.1 Å². The van der Waals surface area contributed by atoms with Crippen molar-refractivity contribution < 1.29 is 18.1 Å². The van der Waals surface area contributed by atoms with Crippen LogP contribution in [0.15, 0.2) is 42.5 Å². The molecule has 2 aromatic carbocycles. The van der Waals surface area contributed by atoms with Crippen molar-refractivity contribution in [2.45, 2.75) is 33.2 Å². The van der Waals surface area contributed by atoms with E-state index in [9.17, 15) is 4.79 Å². The number of rotatable bonds is 13. The third kappa shape index (κ3) is 6.73. The van der Waals surface area contributed by atoms with Gasteiger partial charge in [-0.15, -0.1) is 0 Å². The molecule has 27 heavy (non-hydrogen) atoms. The number of carbonyl (C=O) groups is 1. The molecule has 0 N–H and O–H groups in total. The summed E-state index contributed by atoms with van der Waals surface area (Å²) in [5, 5.41) is 2.26. The lowest BCUT2D eigenvalue weighted by atomic mass is 10.1. The molecule has 0 atom stereocenters. The average Bonchev–Trinajstić information content (AvgIpc) is 2.68. The molecule has 0 aromatic heterocycles. The van der Waals surface area contributed by atoms with E-state index in [4.69, 9.17) is 13.3 Å². The number of benzene rings is 2. The minimum absolute atomic E-state index is 0.175. The van der Waals surface area contributed by atoms with Crippen LogP contribution in [-0.2, 0) is 13.3 Å². The SMILES string of the molecule is CCO[Si](CCCSCC(=O)c1ccc2ccccc2c1)(OCC)OCC. The Morgan fingerprint density at radius 1 is 0.926 bits per heavy atom. The van der Waals surface area contributed by atoms with Crippen molar-refractivity contribution in [1.29, 1.82) is 0 Å². The number of carbonyl (C=O) groups excluding carboxylic acids is 1. The highest BCUT2D eigenvalue weighted by atomic mass is 32.2. The molecule has 4 nitrogen and oxygen atoms in total. The standard InChI is InChI=1S/C21H30O4SSi/c1-4-23-27(24-5-2,25-6-3)15-9-14-26-17-21(22)20-13-12-18-10-7-8-11-19(18)16-20/h7-8,10-13,16H,4-6,9,14-15,17H2,1-3H3. The summed E-state index contributed by atoms with van der Waals surface area (Å²) in [6, 6.07) is 14.8. The molecule has 0 radical (unpaired) electrons. The average molecular weight is 407 g/mol. The molecule has 2 rings (SSSR count). The van der Waals surface area contributed by atoms with E-state index in [0.29, 0.717) is 25.6 Å². The molecule has 0 saturated heterocycles. The van der Waals surface area contributed by atoms with Crippen LogP contribution in [0, 0.1) is 0 Å². The summed E-state index contributed by atoms with van der Waals surface area (Å²) in [6.45, 7) is 7.70. The van der Waals surface area contributed by atoms with Gasteiger partial charge in [0.05, 0.1) is 5.75 Å². The molecule has 0 fully saturated rings. The summed E-state index contributed by atoms with van der Waals surface area (Å²) < 4.78 is 17.6. The Bertz CT molecular complexity index is 705. The minimum Gasteiger partial charge on any atom is -0.374 e. The first-order valence-corrected chi connectivity index (χ1v) is 12.7. The highest BCUT2D eigenvalue weighted by Gasteiger charge is 2.39. The van der Waals surface area contributed by atoms with Crippen LogP contribution in [0.2, 0.25) is 6.04 Å². The van der Waals surface area contributed by atoms with Crippen molar-refractivity contribution in [3.63, 3.8) is 0 Å². The molecule has 0 heterocycles. The highest BCUT2D eigenvalue weighted by Crippen LogP contribution is 2.21. The van der Waals surface area contributed by atoms with Crippen molar-refractivity contribution in [2.24, 2.45) is 0 Å². The Kier molecular flexibility index (Phi) is 9.51. The quantitative estimate of drug-likeness (QED) is 0.260. The molecule has 0 spiro atoms. The molecule has 0 aliphatic heterocycles. The van der Waals surface area contributed by atoms with E-state index in [2.05, 4.69) is 6.07 Å². The number of Topliss-reactive ketones (excluding diaryl/α,β-unsaturated/α-hetero) is 1. The van der Waals surface area contributed by atoms with Crippen LogP contribution in [0.3, 0.4) is 0 Å². The Labute approximate surface area is 168 Å². The number of ketones is 1. The second kappa shape index (κ2) is 11.6. The van der Waals surface area contributed by atoms with Crippen LogP contribution in [0.4, 0.5) is 0 Å². The maximum Gasteiger partial charge on any atom is 0.500 e. The van der Waals surface area contributed by atoms with Crippen molar-refractivity contribution in [3.05, 3.63) is 48.0 Å². The Balaban J connectivity index is 1.81. The molecule has 0 aliphatic rings. The lowest BCUT2D eigenvalue weighted by Gasteiger charge is -2.28. The molecule has 2 aromatic rings. The number of hydrogen-bond donors (Lipinski definition) is 0. The summed E-state index contributed by atoms with van der Waals surface area (Å²) in [5.41, 5.74) is 0.780. The van der Waals surface area contributed by atoms with Crippen LogP contribution < -0.4 is 0 Å².